The predicted molar refractivity (Wildman–Crippen MR) is 147 cm³/mol. The number of fused-ring (bicyclic) bond motifs is 6. The molecule has 180 valence electrons. The lowest BCUT2D eigenvalue weighted by Crippen LogP contribution is -2.15. The molecule has 0 aliphatic rings. The highest BCUT2D eigenvalue weighted by Crippen LogP contribution is 2.50. The minimum absolute atomic E-state index is 0.0701. The zero-order chi connectivity index (χ0) is 25.3. The highest BCUT2D eigenvalue weighted by Gasteiger charge is 2.28. The molecular weight excluding hydrogens is 439 g/mol. The van der Waals surface area contributed by atoms with Crippen LogP contribution in [-0.2, 0) is 10.8 Å². The van der Waals surface area contributed by atoms with Crippen molar-refractivity contribution in [3.63, 3.8) is 0 Å². The van der Waals surface area contributed by atoms with Gasteiger partial charge in [-0.05, 0) is 105 Å². The molecule has 4 heteroatoms. The van der Waals surface area contributed by atoms with Gasteiger partial charge in [-0.1, -0.05) is 65.8 Å². The minimum atomic E-state index is -2.54. The molecule has 0 aliphatic carbocycles. The van der Waals surface area contributed by atoms with Crippen molar-refractivity contribution in [3.8, 4) is 5.75 Å². The van der Waals surface area contributed by atoms with Gasteiger partial charge in [0.2, 0.25) is 0 Å². The van der Waals surface area contributed by atoms with Crippen molar-refractivity contribution in [1.29, 1.82) is 0 Å². The van der Waals surface area contributed by atoms with Crippen LogP contribution in [0.3, 0.4) is 0 Å². The van der Waals surface area contributed by atoms with E-state index >= 15 is 0 Å². The summed E-state index contributed by atoms with van der Waals surface area (Å²) in [6.07, 6.45) is 0. The zero-order valence-corrected chi connectivity index (χ0v) is 23.0. The van der Waals surface area contributed by atoms with Gasteiger partial charge in [0.1, 0.15) is 5.75 Å². The highest BCUT2D eigenvalue weighted by molar-refractivity contribution is 7.39. The van der Waals surface area contributed by atoms with Crippen molar-refractivity contribution in [3.05, 3.63) is 63.7 Å². The molecule has 0 amide bonds. The number of benzene rings is 4. The first-order chi connectivity index (χ1) is 15.6. The van der Waals surface area contributed by atoms with Crippen LogP contribution in [0, 0.1) is 27.7 Å². The Labute approximate surface area is 204 Å². The van der Waals surface area contributed by atoms with Crippen LogP contribution in [0.1, 0.15) is 74.9 Å². The molecule has 3 nitrogen and oxygen atoms in total. The molecular formula is C30H37O3P. The second-order valence-electron chi connectivity index (χ2n) is 11.8. The molecule has 4 aromatic carbocycles. The Hall–Kier alpha value is -2.19. The maximum absolute atomic E-state index is 9.84. The van der Waals surface area contributed by atoms with Gasteiger partial charge in [-0.15, -0.1) is 0 Å². The molecule has 2 N–H and O–H groups in total. The monoisotopic (exact) mass is 476 g/mol. The third kappa shape index (κ3) is 3.88. The van der Waals surface area contributed by atoms with Crippen molar-refractivity contribution in [2.45, 2.75) is 80.1 Å². The molecule has 0 atom stereocenters. The fourth-order valence-corrected chi connectivity index (χ4v) is 5.67. The Morgan fingerprint density at radius 1 is 0.647 bits per heavy atom. The summed E-state index contributed by atoms with van der Waals surface area (Å²) in [5.74, 6) is 0.521. The van der Waals surface area contributed by atoms with Crippen LogP contribution in [-0.4, -0.2) is 9.79 Å². The first-order valence-electron chi connectivity index (χ1n) is 11.9. The fourth-order valence-electron chi connectivity index (χ4n) is 5.34. The van der Waals surface area contributed by atoms with E-state index in [4.69, 9.17) is 4.52 Å². The van der Waals surface area contributed by atoms with Gasteiger partial charge >= 0.3 is 8.60 Å². The van der Waals surface area contributed by atoms with Gasteiger partial charge in [-0.2, -0.15) is 0 Å². The molecule has 0 spiro atoms. The number of aryl methyl sites for hydroxylation is 4. The molecule has 0 unspecified atom stereocenters. The molecule has 4 aromatic rings. The number of hydrogen-bond donors (Lipinski definition) is 2. The smallest absolute Gasteiger partial charge is 0.391 e. The van der Waals surface area contributed by atoms with Crippen LogP contribution in [0.15, 0.2) is 30.3 Å². The summed E-state index contributed by atoms with van der Waals surface area (Å²) in [7, 11) is -2.54. The average Bonchev–Trinajstić information content (AvgIpc) is 2.70. The van der Waals surface area contributed by atoms with Gasteiger partial charge in [0.15, 0.2) is 0 Å². The van der Waals surface area contributed by atoms with E-state index < -0.39 is 8.60 Å². The molecule has 0 saturated heterocycles. The van der Waals surface area contributed by atoms with Crippen molar-refractivity contribution in [1.82, 2.24) is 0 Å². The Morgan fingerprint density at radius 2 is 1.12 bits per heavy atom. The number of rotatable bonds is 2. The Bertz CT molecular complexity index is 1450. The summed E-state index contributed by atoms with van der Waals surface area (Å²) in [6, 6.07) is 10.6. The lowest BCUT2D eigenvalue weighted by Gasteiger charge is -2.30. The Balaban J connectivity index is 2.53. The SMILES string of the molecule is Cc1cc(C(C)(C)C)c2c3cccc(OP(O)O)c3c3c(C(C)(C)C)cc(C)c(C)c3c2c1C. The lowest BCUT2D eigenvalue weighted by atomic mass is 9.74. The van der Waals surface area contributed by atoms with E-state index in [9.17, 15) is 9.79 Å². The van der Waals surface area contributed by atoms with Crippen molar-refractivity contribution < 1.29 is 14.3 Å². The van der Waals surface area contributed by atoms with Gasteiger partial charge in [0.05, 0.1) is 0 Å². The van der Waals surface area contributed by atoms with Gasteiger partial charge < -0.3 is 14.3 Å². The zero-order valence-electron chi connectivity index (χ0n) is 22.1. The summed E-state index contributed by atoms with van der Waals surface area (Å²) in [6.45, 7) is 22.3. The molecule has 0 heterocycles. The number of hydrogen-bond acceptors (Lipinski definition) is 3. The molecule has 4 rings (SSSR count). The molecule has 0 radical (unpaired) electrons. The summed E-state index contributed by atoms with van der Waals surface area (Å²) in [5.41, 5.74) is 7.46. The first kappa shape index (κ1) is 24.9. The quantitative estimate of drug-likeness (QED) is 0.225. The van der Waals surface area contributed by atoms with Gasteiger partial charge in [0.25, 0.3) is 0 Å². The maximum Gasteiger partial charge on any atom is 0.391 e. The van der Waals surface area contributed by atoms with E-state index in [-0.39, 0.29) is 10.8 Å². The van der Waals surface area contributed by atoms with E-state index in [0.29, 0.717) is 5.75 Å². The standard InChI is InChI=1S/C30H37O3P/c1-16-14-21(29(5,6)7)26-20-12-11-13-23(33-34(31)32)27(20)28-22(30(8,9)10)15-17(2)19(4)25(28)24(26)18(16)3/h11-15,31-32H,1-10H3. The summed E-state index contributed by atoms with van der Waals surface area (Å²) >= 11 is 0. The Morgan fingerprint density at radius 3 is 1.59 bits per heavy atom. The summed E-state index contributed by atoms with van der Waals surface area (Å²) in [5, 5.41) is 6.99. The highest BCUT2D eigenvalue weighted by atomic mass is 31.2. The van der Waals surface area contributed by atoms with Crippen LogP contribution in [0.5, 0.6) is 5.75 Å². The molecule has 0 bridgehead atoms. The molecule has 34 heavy (non-hydrogen) atoms. The third-order valence-electron chi connectivity index (χ3n) is 7.28. The first-order valence-corrected chi connectivity index (χ1v) is 13.1. The second-order valence-corrected chi connectivity index (χ2v) is 12.4. The Kier molecular flexibility index (Phi) is 6.00. The van der Waals surface area contributed by atoms with Gasteiger partial charge in [0, 0.05) is 5.39 Å². The fraction of sp³-hybridized carbons (Fsp3) is 0.400. The summed E-state index contributed by atoms with van der Waals surface area (Å²) < 4.78 is 5.68. The third-order valence-corrected chi connectivity index (χ3v) is 7.64. The summed E-state index contributed by atoms with van der Waals surface area (Å²) in [4.78, 5) is 19.7. The molecule has 0 aromatic heterocycles. The van der Waals surface area contributed by atoms with E-state index in [1.165, 1.54) is 49.5 Å². The van der Waals surface area contributed by atoms with Crippen LogP contribution in [0.2, 0.25) is 0 Å². The minimum Gasteiger partial charge on any atom is -0.426 e. The maximum atomic E-state index is 9.84. The van der Waals surface area contributed by atoms with Crippen LogP contribution in [0.4, 0.5) is 0 Å². The van der Waals surface area contributed by atoms with Gasteiger partial charge in [-0.3, -0.25) is 0 Å². The largest absolute Gasteiger partial charge is 0.426 e. The van der Waals surface area contributed by atoms with Crippen molar-refractivity contribution >= 4 is 40.9 Å². The normalized spacial score (nSPS) is 13.0. The van der Waals surface area contributed by atoms with Crippen LogP contribution < -0.4 is 4.52 Å². The van der Waals surface area contributed by atoms with Crippen molar-refractivity contribution in [2.75, 3.05) is 0 Å². The molecule has 0 saturated carbocycles. The van der Waals surface area contributed by atoms with Gasteiger partial charge in [-0.25, -0.2) is 0 Å². The van der Waals surface area contributed by atoms with E-state index in [1.807, 2.05) is 12.1 Å². The average molecular weight is 477 g/mol. The van der Waals surface area contributed by atoms with E-state index in [1.54, 1.807) is 0 Å². The molecule has 0 aliphatic heterocycles. The van der Waals surface area contributed by atoms with E-state index in [2.05, 4.69) is 87.4 Å². The lowest BCUT2D eigenvalue weighted by molar-refractivity contribution is 0.377. The second kappa shape index (κ2) is 8.19. The predicted octanol–water partition coefficient (Wildman–Crippen LogP) is 8.57. The van der Waals surface area contributed by atoms with Crippen molar-refractivity contribution in [2.24, 2.45) is 0 Å². The van der Waals surface area contributed by atoms with E-state index in [0.717, 1.165) is 16.2 Å². The molecule has 0 fully saturated rings. The van der Waals surface area contributed by atoms with Crippen LogP contribution >= 0.6 is 8.60 Å². The van der Waals surface area contributed by atoms with Crippen LogP contribution in [0.25, 0.3) is 32.3 Å². The topological polar surface area (TPSA) is 49.7 Å².